The fraction of sp³-hybridized carbons (Fsp3) is 0.500. The summed E-state index contributed by atoms with van der Waals surface area (Å²) in [4.78, 5) is 4.11. The third-order valence-electron chi connectivity index (χ3n) is 1.52. The van der Waals surface area contributed by atoms with Gasteiger partial charge in [-0.3, -0.25) is 4.98 Å². The van der Waals surface area contributed by atoms with Gasteiger partial charge in [-0.15, -0.1) is 0 Å². The van der Waals surface area contributed by atoms with E-state index in [1.54, 1.807) is 6.07 Å². The van der Waals surface area contributed by atoms with Crippen molar-refractivity contribution < 1.29 is 5.11 Å². The lowest BCUT2D eigenvalue weighted by Crippen LogP contribution is -2.09. The molecule has 1 heterocycles. The highest BCUT2D eigenvalue weighted by atomic mass is 16.3. The van der Waals surface area contributed by atoms with Gasteiger partial charge in [0.05, 0.1) is 6.20 Å². The molecule has 2 nitrogen and oxygen atoms in total. The van der Waals surface area contributed by atoms with Crippen molar-refractivity contribution in [3.8, 4) is 5.75 Å². The molecule has 0 aliphatic carbocycles. The summed E-state index contributed by atoms with van der Waals surface area (Å²) in [6.07, 6.45) is 2.42. The Labute approximate surface area is 73.3 Å². The van der Waals surface area contributed by atoms with Gasteiger partial charge in [0.25, 0.3) is 0 Å². The Morgan fingerprint density at radius 3 is 2.42 bits per heavy atom. The van der Waals surface area contributed by atoms with Gasteiger partial charge in [0.2, 0.25) is 0 Å². The lowest BCUT2D eigenvalue weighted by Gasteiger charge is -2.16. The Balaban J connectivity index is 2.71. The molecule has 1 N–H and O–H groups in total. The van der Waals surface area contributed by atoms with Crippen molar-refractivity contribution >= 4 is 0 Å². The highest BCUT2D eigenvalue weighted by Gasteiger charge is 2.11. The van der Waals surface area contributed by atoms with Crippen molar-refractivity contribution in [2.24, 2.45) is 5.41 Å². The number of pyridine rings is 1. The second-order valence-corrected chi connectivity index (χ2v) is 4.25. The molecule has 0 radical (unpaired) electrons. The van der Waals surface area contributed by atoms with Crippen molar-refractivity contribution in [1.82, 2.24) is 4.98 Å². The predicted octanol–water partition coefficient (Wildman–Crippen LogP) is 2.38. The Bertz CT molecular complexity index is 246. The molecule has 0 aliphatic heterocycles. The molecular weight excluding hydrogens is 150 g/mol. The number of aromatic hydroxyl groups is 1. The molecule has 0 bridgehead atoms. The molecule has 0 aliphatic rings. The third kappa shape index (κ3) is 2.91. The Hall–Kier alpha value is -1.05. The second kappa shape index (κ2) is 3.13. The maximum atomic E-state index is 8.99. The highest BCUT2D eigenvalue weighted by Crippen LogP contribution is 2.19. The van der Waals surface area contributed by atoms with E-state index in [0.29, 0.717) is 0 Å². The molecule has 0 saturated heterocycles. The summed E-state index contributed by atoms with van der Waals surface area (Å²) in [5, 5.41) is 8.99. The minimum absolute atomic E-state index is 0.229. The van der Waals surface area contributed by atoms with Crippen LogP contribution in [0.5, 0.6) is 5.75 Å². The van der Waals surface area contributed by atoms with Gasteiger partial charge in [-0.25, -0.2) is 0 Å². The van der Waals surface area contributed by atoms with E-state index >= 15 is 0 Å². The first-order valence-electron chi connectivity index (χ1n) is 4.11. The Morgan fingerprint density at radius 2 is 2.00 bits per heavy atom. The average Bonchev–Trinajstić information content (AvgIpc) is 1.91. The van der Waals surface area contributed by atoms with Crippen molar-refractivity contribution in [2.45, 2.75) is 27.2 Å². The SMILES string of the molecule is CC(C)(C)Cc1ccc(O)cn1. The molecule has 66 valence electrons. The molecule has 2 heteroatoms. The van der Waals surface area contributed by atoms with Crippen LogP contribution < -0.4 is 0 Å². The van der Waals surface area contributed by atoms with E-state index in [2.05, 4.69) is 25.8 Å². The van der Waals surface area contributed by atoms with Crippen LogP contribution in [0.15, 0.2) is 18.3 Å². The van der Waals surface area contributed by atoms with Crippen LogP contribution in [0, 0.1) is 5.41 Å². The normalized spacial score (nSPS) is 11.6. The molecule has 0 atom stereocenters. The van der Waals surface area contributed by atoms with Crippen LogP contribution in [0.2, 0.25) is 0 Å². The maximum Gasteiger partial charge on any atom is 0.133 e. The molecule has 0 fully saturated rings. The molecule has 1 aromatic heterocycles. The topological polar surface area (TPSA) is 33.1 Å². The number of hydrogen-bond acceptors (Lipinski definition) is 2. The Kier molecular flexibility index (Phi) is 2.36. The van der Waals surface area contributed by atoms with Crippen molar-refractivity contribution in [3.05, 3.63) is 24.0 Å². The number of aromatic nitrogens is 1. The minimum Gasteiger partial charge on any atom is -0.506 e. The molecule has 0 spiro atoms. The molecule has 1 rings (SSSR count). The van der Waals surface area contributed by atoms with E-state index < -0.39 is 0 Å². The zero-order valence-electron chi connectivity index (χ0n) is 7.83. The van der Waals surface area contributed by atoms with Crippen molar-refractivity contribution in [2.75, 3.05) is 0 Å². The van der Waals surface area contributed by atoms with Gasteiger partial charge in [0.15, 0.2) is 0 Å². The van der Waals surface area contributed by atoms with Gasteiger partial charge in [-0.1, -0.05) is 20.8 Å². The second-order valence-electron chi connectivity index (χ2n) is 4.25. The van der Waals surface area contributed by atoms with E-state index in [4.69, 9.17) is 5.11 Å². The van der Waals surface area contributed by atoms with Gasteiger partial charge in [0.1, 0.15) is 5.75 Å². The first kappa shape index (κ1) is 9.04. The average molecular weight is 165 g/mol. The minimum atomic E-state index is 0.229. The lowest BCUT2D eigenvalue weighted by molar-refractivity contribution is 0.405. The summed E-state index contributed by atoms with van der Waals surface area (Å²) >= 11 is 0. The third-order valence-corrected chi connectivity index (χ3v) is 1.52. The van der Waals surface area contributed by atoms with E-state index in [9.17, 15) is 0 Å². The fourth-order valence-electron chi connectivity index (χ4n) is 1.06. The van der Waals surface area contributed by atoms with Crippen molar-refractivity contribution in [3.63, 3.8) is 0 Å². The highest BCUT2D eigenvalue weighted by molar-refractivity contribution is 5.18. The predicted molar refractivity (Wildman–Crippen MR) is 49.1 cm³/mol. The summed E-state index contributed by atoms with van der Waals surface area (Å²) in [5.41, 5.74) is 1.28. The van der Waals surface area contributed by atoms with Gasteiger partial charge in [-0.2, -0.15) is 0 Å². The number of hydrogen-bond donors (Lipinski definition) is 1. The fourth-order valence-corrected chi connectivity index (χ4v) is 1.06. The van der Waals surface area contributed by atoms with Gasteiger partial charge < -0.3 is 5.11 Å². The molecular formula is C10H15NO. The van der Waals surface area contributed by atoms with E-state index in [1.165, 1.54) is 6.20 Å². The van der Waals surface area contributed by atoms with Crippen LogP contribution in [-0.4, -0.2) is 10.1 Å². The monoisotopic (exact) mass is 165 g/mol. The van der Waals surface area contributed by atoms with Crippen LogP contribution in [0.3, 0.4) is 0 Å². The zero-order chi connectivity index (χ0) is 9.19. The summed E-state index contributed by atoms with van der Waals surface area (Å²) in [7, 11) is 0. The lowest BCUT2D eigenvalue weighted by atomic mass is 9.90. The van der Waals surface area contributed by atoms with Gasteiger partial charge >= 0.3 is 0 Å². The van der Waals surface area contributed by atoms with Crippen LogP contribution in [0.1, 0.15) is 26.5 Å². The molecule has 0 amide bonds. The van der Waals surface area contributed by atoms with Gasteiger partial charge in [-0.05, 0) is 24.0 Å². The molecule has 1 aromatic rings. The van der Waals surface area contributed by atoms with Crippen molar-refractivity contribution in [1.29, 1.82) is 0 Å². The number of rotatable bonds is 1. The largest absolute Gasteiger partial charge is 0.506 e. The Morgan fingerprint density at radius 1 is 1.33 bits per heavy atom. The first-order valence-corrected chi connectivity index (χ1v) is 4.11. The van der Waals surface area contributed by atoms with Crippen LogP contribution in [0.4, 0.5) is 0 Å². The summed E-state index contributed by atoms with van der Waals surface area (Å²) < 4.78 is 0. The van der Waals surface area contributed by atoms with E-state index in [1.807, 2.05) is 6.07 Å². The van der Waals surface area contributed by atoms with Crippen LogP contribution >= 0.6 is 0 Å². The molecule has 0 saturated carbocycles. The first-order chi connectivity index (χ1) is 5.47. The molecule has 12 heavy (non-hydrogen) atoms. The van der Waals surface area contributed by atoms with E-state index in [0.717, 1.165) is 12.1 Å². The van der Waals surface area contributed by atoms with Crippen LogP contribution in [-0.2, 0) is 6.42 Å². The number of nitrogens with zero attached hydrogens (tertiary/aromatic N) is 1. The maximum absolute atomic E-state index is 8.99. The smallest absolute Gasteiger partial charge is 0.133 e. The standard InChI is InChI=1S/C10H15NO/c1-10(2,3)6-8-4-5-9(12)7-11-8/h4-5,7,12H,6H2,1-3H3. The van der Waals surface area contributed by atoms with Crippen LogP contribution in [0.25, 0.3) is 0 Å². The van der Waals surface area contributed by atoms with Gasteiger partial charge in [0, 0.05) is 5.69 Å². The quantitative estimate of drug-likeness (QED) is 0.693. The zero-order valence-corrected chi connectivity index (χ0v) is 7.83. The molecule has 0 aromatic carbocycles. The van der Waals surface area contributed by atoms with E-state index in [-0.39, 0.29) is 11.2 Å². The summed E-state index contributed by atoms with van der Waals surface area (Å²) in [6, 6.07) is 3.54. The summed E-state index contributed by atoms with van der Waals surface area (Å²) in [6.45, 7) is 6.50. The summed E-state index contributed by atoms with van der Waals surface area (Å²) in [5.74, 6) is 0.229. The molecule has 0 unspecified atom stereocenters.